The van der Waals surface area contributed by atoms with Gasteiger partial charge in [-0.3, -0.25) is 0 Å². The minimum absolute atomic E-state index is 0.254. The fourth-order valence-corrected chi connectivity index (χ4v) is 2.86. The lowest BCUT2D eigenvalue weighted by Crippen LogP contribution is -2.36. The molecule has 0 bridgehead atoms. The fraction of sp³-hybridized carbons (Fsp3) is 0.375. The second-order valence-corrected chi connectivity index (χ2v) is 5.43. The summed E-state index contributed by atoms with van der Waals surface area (Å²) in [5.41, 5.74) is 7.14. The van der Waals surface area contributed by atoms with Gasteiger partial charge in [0.05, 0.1) is 12.1 Å². The van der Waals surface area contributed by atoms with E-state index in [0.717, 1.165) is 29.2 Å². The molecular formula is C16H19NO2. The first kappa shape index (κ1) is 12.5. The van der Waals surface area contributed by atoms with Gasteiger partial charge in [0.25, 0.3) is 0 Å². The minimum Gasteiger partial charge on any atom is -0.507 e. The zero-order valence-corrected chi connectivity index (χ0v) is 10.8. The lowest BCUT2D eigenvalue weighted by molar-refractivity contribution is 0.0417. The normalized spacial score (nSPS) is 19.1. The van der Waals surface area contributed by atoms with Crippen molar-refractivity contribution < 1.29 is 10.2 Å². The number of aliphatic hydroxyl groups is 1. The van der Waals surface area contributed by atoms with Crippen molar-refractivity contribution in [1.82, 2.24) is 0 Å². The van der Waals surface area contributed by atoms with E-state index in [0.29, 0.717) is 5.92 Å². The van der Waals surface area contributed by atoms with Gasteiger partial charge in [0, 0.05) is 5.39 Å². The van der Waals surface area contributed by atoms with Gasteiger partial charge in [0.1, 0.15) is 5.75 Å². The Kier molecular flexibility index (Phi) is 3.17. The van der Waals surface area contributed by atoms with Gasteiger partial charge < -0.3 is 15.9 Å². The summed E-state index contributed by atoms with van der Waals surface area (Å²) >= 11 is 0. The van der Waals surface area contributed by atoms with Gasteiger partial charge in [0.15, 0.2) is 0 Å². The molecule has 0 heterocycles. The summed E-state index contributed by atoms with van der Waals surface area (Å²) in [5.74, 6) is 0.576. The summed E-state index contributed by atoms with van der Waals surface area (Å²) in [6, 6.07) is 10.7. The summed E-state index contributed by atoms with van der Waals surface area (Å²) in [6.07, 6.45) is 2.81. The second-order valence-electron chi connectivity index (χ2n) is 5.43. The van der Waals surface area contributed by atoms with Crippen LogP contribution in [0.3, 0.4) is 0 Å². The Morgan fingerprint density at radius 3 is 2.37 bits per heavy atom. The molecular weight excluding hydrogens is 238 g/mol. The number of aromatic hydroxyl groups is 1. The number of benzene rings is 2. The molecule has 0 aromatic heterocycles. The Morgan fingerprint density at radius 2 is 1.74 bits per heavy atom. The number of aliphatic hydroxyl groups excluding tert-OH is 1. The van der Waals surface area contributed by atoms with Gasteiger partial charge in [-0.15, -0.1) is 0 Å². The van der Waals surface area contributed by atoms with E-state index in [1.807, 2.05) is 30.3 Å². The van der Waals surface area contributed by atoms with E-state index in [2.05, 4.69) is 0 Å². The maximum atomic E-state index is 10.3. The largest absolute Gasteiger partial charge is 0.507 e. The highest BCUT2D eigenvalue weighted by Crippen LogP contribution is 2.37. The average molecular weight is 257 g/mol. The highest BCUT2D eigenvalue weighted by molar-refractivity contribution is 5.91. The SMILES string of the molecule is N[C@H](c1ccc(O)c2ccccc12)[C@@H](O)C1CCC1. The monoisotopic (exact) mass is 257 g/mol. The van der Waals surface area contributed by atoms with Crippen LogP contribution >= 0.6 is 0 Å². The van der Waals surface area contributed by atoms with Crippen molar-refractivity contribution >= 4 is 10.8 Å². The number of phenolic OH excluding ortho intramolecular Hbond substituents is 1. The predicted octanol–water partition coefficient (Wildman–Crippen LogP) is 2.71. The highest BCUT2D eigenvalue weighted by Gasteiger charge is 2.31. The van der Waals surface area contributed by atoms with Crippen molar-refractivity contribution in [3.05, 3.63) is 42.0 Å². The molecule has 3 rings (SSSR count). The van der Waals surface area contributed by atoms with Gasteiger partial charge in [0.2, 0.25) is 0 Å². The fourth-order valence-electron chi connectivity index (χ4n) is 2.86. The molecule has 19 heavy (non-hydrogen) atoms. The van der Waals surface area contributed by atoms with E-state index in [4.69, 9.17) is 5.73 Å². The van der Waals surface area contributed by atoms with Crippen LogP contribution in [0.5, 0.6) is 5.75 Å². The summed E-state index contributed by atoms with van der Waals surface area (Å²) in [5, 5.41) is 21.9. The Morgan fingerprint density at radius 1 is 1.05 bits per heavy atom. The third-order valence-electron chi connectivity index (χ3n) is 4.29. The Hall–Kier alpha value is -1.58. The first-order valence-corrected chi connectivity index (χ1v) is 6.83. The van der Waals surface area contributed by atoms with Gasteiger partial charge in [-0.2, -0.15) is 0 Å². The molecule has 0 unspecified atom stereocenters. The third-order valence-corrected chi connectivity index (χ3v) is 4.29. The van der Waals surface area contributed by atoms with Crippen LogP contribution in [-0.4, -0.2) is 16.3 Å². The van der Waals surface area contributed by atoms with Crippen LogP contribution in [0.2, 0.25) is 0 Å². The molecule has 1 saturated carbocycles. The molecule has 1 aliphatic rings. The third kappa shape index (κ3) is 2.09. The van der Waals surface area contributed by atoms with Crippen LogP contribution in [0, 0.1) is 5.92 Å². The summed E-state index contributed by atoms with van der Waals surface area (Å²) < 4.78 is 0. The zero-order valence-electron chi connectivity index (χ0n) is 10.8. The van der Waals surface area contributed by atoms with Crippen molar-refractivity contribution in [3.8, 4) is 5.75 Å². The summed E-state index contributed by atoms with van der Waals surface area (Å²) in [6.45, 7) is 0. The molecule has 3 heteroatoms. The molecule has 3 nitrogen and oxygen atoms in total. The van der Waals surface area contributed by atoms with Crippen LogP contribution in [0.15, 0.2) is 36.4 Å². The molecule has 2 aromatic carbocycles. The number of hydrogen-bond acceptors (Lipinski definition) is 3. The molecule has 1 fully saturated rings. The van der Waals surface area contributed by atoms with Crippen molar-refractivity contribution in [2.45, 2.75) is 31.4 Å². The molecule has 0 radical (unpaired) electrons. The van der Waals surface area contributed by atoms with E-state index in [1.165, 1.54) is 6.42 Å². The lowest BCUT2D eigenvalue weighted by Gasteiger charge is -2.34. The van der Waals surface area contributed by atoms with Crippen molar-refractivity contribution in [3.63, 3.8) is 0 Å². The molecule has 0 aliphatic heterocycles. The second kappa shape index (κ2) is 4.83. The average Bonchev–Trinajstić information content (AvgIpc) is 2.37. The van der Waals surface area contributed by atoms with Crippen molar-refractivity contribution in [2.75, 3.05) is 0 Å². The van der Waals surface area contributed by atoms with Gasteiger partial charge in [-0.05, 0) is 35.8 Å². The topological polar surface area (TPSA) is 66.5 Å². The minimum atomic E-state index is -0.498. The molecule has 100 valence electrons. The van der Waals surface area contributed by atoms with E-state index >= 15 is 0 Å². The molecule has 2 aromatic rings. The van der Waals surface area contributed by atoms with E-state index < -0.39 is 12.1 Å². The van der Waals surface area contributed by atoms with Crippen LogP contribution in [0.1, 0.15) is 30.9 Å². The smallest absolute Gasteiger partial charge is 0.123 e. The van der Waals surface area contributed by atoms with Crippen LogP contribution in [0.4, 0.5) is 0 Å². The van der Waals surface area contributed by atoms with Gasteiger partial charge in [-0.1, -0.05) is 36.8 Å². The maximum Gasteiger partial charge on any atom is 0.123 e. The lowest BCUT2D eigenvalue weighted by atomic mass is 9.77. The standard InChI is InChI=1S/C16H19NO2/c17-15(16(19)10-4-3-5-10)13-8-9-14(18)12-7-2-1-6-11(12)13/h1-2,6-10,15-16,18-19H,3-5,17H2/t15-,16+/m1/s1. The summed E-state index contributed by atoms with van der Waals surface area (Å²) in [4.78, 5) is 0. The molecule has 0 amide bonds. The first-order valence-electron chi connectivity index (χ1n) is 6.83. The number of nitrogens with two attached hydrogens (primary N) is 1. The molecule has 0 saturated heterocycles. The predicted molar refractivity (Wildman–Crippen MR) is 75.9 cm³/mol. The number of hydrogen-bond donors (Lipinski definition) is 3. The van der Waals surface area contributed by atoms with E-state index in [-0.39, 0.29) is 5.75 Å². The number of fused-ring (bicyclic) bond motifs is 1. The van der Waals surface area contributed by atoms with E-state index in [1.54, 1.807) is 6.07 Å². The van der Waals surface area contributed by atoms with Gasteiger partial charge in [-0.25, -0.2) is 0 Å². The zero-order chi connectivity index (χ0) is 13.4. The maximum absolute atomic E-state index is 10.3. The van der Waals surface area contributed by atoms with Crippen LogP contribution in [-0.2, 0) is 0 Å². The summed E-state index contributed by atoms with van der Waals surface area (Å²) in [7, 11) is 0. The Labute approximate surface area is 112 Å². The first-order chi connectivity index (χ1) is 9.18. The quantitative estimate of drug-likeness (QED) is 0.792. The highest BCUT2D eigenvalue weighted by atomic mass is 16.3. The molecule has 4 N–H and O–H groups in total. The Bertz CT molecular complexity index is 592. The number of rotatable bonds is 3. The van der Waals surface area contributed by atoms with Crippen LogP contribution in [0.25, 0.3) is 10.8 Å². The van der Waals surface area contributed by atoms with Crippen molar-refractivity contribution in [1.29, 1.82) is 0 Å². The number of phenols is 1. The Balaban J connectivity index is 2.02. The van der Waals surface area contributed by atoms with Gasteiger partial charge >= 0.3 is 0 Å². The van der Waals surface area contributed by atoms with E-state index in [9.17, 15) is 10.2 Å². The molecule has 0 spiro atoms. The van der Waals surface area contributed by atoms with Crippen LogP contribution < -0.4 is 5.73 Å². The molecule has 1 aliphatic carbocycles. The van der Waals surface area contributed by atoms with Crippen molar-refractivity contribution in [2.24, 2.45) is 11.7 Å². The molecule has 2 atom stereocenters.